The number of ether oxygens (including phenoxy) is 2. The van der Waals surface area contributed by atoms with Crippen molar-refractivity contribution in [1.29, 1.82) is 0 Å². The molecular formula is C14H21N3O4. The standard InChI is InChI=1S/C14H21N3O4/c1-3-20-9-5-6-12(21-4-2)11(7-9)17-14(19)10(15)8-13(16)18/h5-7,10H,3-4,8,15H2,1-2H3,(H2,16,18)(H,17,19). The van der Waals surface area contributed by atoms with Crippen molar-refractivity contribution in [2.75, 3.05) is 18.5 Å². The van der Waals surface area contributed by atoms with Gasteiger partial charge in [0.25, 0.3) is 0 Å². The number of nitrogens with two attached hydrogens (primary N) is 2. The molecule has 1 unspecified atom stereocenters. The van der Waals surface area contributed by atoms with Crippen LogP contribution in [0.25, 0.3) is 0 Å². The first-order valence-corrected chi connectivity index (χ1v) is 6.72. The van der Waals surface area contributed by atoms with Gasteiger partial charge < -0.3 is 26.3 Å². The van der Waals surface area contributed by atoms with Crippen molar-refractivity contribution in [3.63, 3.8) is 0 Å². The number of anilines is 1. The van der Waals surface area contributed by atoms with Crippen molar-refractivity contribution in [2.24, 2.45) is 11.5 Å². The maximum absolute atomic E-state index is 11.9. The normalized spacial score (nSPS) is 11.6. The van der Waals surface area contributed by atoms with Gasteiger partial charge in [-0.2, -0.15) is 0 Å². The summed E-state index contributed by atoms with van der Waals surface area (Å²) >= 11 is 0. The third-order valence-electron chi connectivity index (χ3n) is 2.58. The molecule has 7 nitrogen and oxygen atoms in total. The van der Waals surface area contributed by atoms with E-state index in [1.807, 2.05) is 13.8 Å². The van der Waals surface area contributed by atoms with E-state index in [1.165, 1.54) is 0 Å². The molecular weight excluding hydrogens is 274 g/mol. The molecule has 0 aliphatic carbocycles. The van der Waals surface area contributed by atoms with Crippen molar-refractivity contribution in [2.45, 2.75) is 26.3 Å². The second-order valence-electron chi connectivity index (χ2n) is 4.29. The number of rotatable bonds is 8. The predicted molar refractivity (Wildman–Crippen MR) is 79.2 cm³/mol. The first-order valence-electron chi connectivity index (χ1n) is 6.72. The molecule has 0 radical (unpaired) electrons. The van der Waals surface area contributed by atoms with E-state index in [0.717, 1.165) is 0 Å². The maximum atomic E-state index is 11.9. The van der Waals surface area contributed by atoms with E-state index in [9.17, 15) is 9.59 Å². The summed E-state index contributed by atoms with van der Waals surface area (Å²) in [6.45, 7) is 4.64. The number of hydrogen-bond acceptors (Lipinski definition) is 5. The lowest BCUT2D eigenvalue weighted by Crippen LogP contribution is -2.39. The van der Waals surface area contributed by atoms with Crippen LogP contribution in [-0.4, -0.2) is 31.1 Å². The molecule has 1 aromatic rings. The van der Waals surface area contributed by atoms with Gasteiger partial charge in [0.1, 0.15) is 11.5 Å². The SMILES string of the molecule is CCOc1ccc(OCC)c(NC(=O)C(N)CC(N)=O)c1. The van der Waals surface area contributed by atoms with Crippen LogP contribution >= 0.6 is 0 Å². The van der Waals surface area contributed by atoms with Crippen LogP contribution in [0.2, 0.25) is 0 Å². The van der Waals surface area contributed by atoms with Crippen LogP contribution in [0.5, 0.6) is 11.5 Å². The van der Waals surface area contributed by atoms with Gasteiger partial charge >= 0.3 is 0 Å². The Bertz CT molecular complexity index is 505. The Morgan fingerprint density at radius 3 is 2.48 bits per heavy atom. The molecule has 0 aromatic heterocycles. The highest BCUT2D eigenvalue weighted by Gasteiger charge is 2.18. The van der Waals surface area contributed by atoms with E-state index in [1.54, 1.807) is 18.2 Å². The molecule has 0 aliphatic rings. The summed E-state index contributed by atoms with van der Waals surface area (Å²) in [4.78, 5) is 22.7. The van der Waals surface area contributed by atoms with E-state index in [2.05, 4.69) is 5.32 Å². The molecule has 1 rings (SSSR count). The molecule has 116 valence electrons. The Morgan fingerprint density at radius 1 is 1.24 bits per heavy atom. The van der Waals surface area contributed by atoms with E-state index in [4.69, 9.17) is 20.9 Å². The summed E-state index contributed by atoms with van der Waals surface area (Å²) in [5.41, 5.74) is 11.1. The van der Waals surface area contributed by atoms with Gasteiger partial charge in [-0.3, -0.25) is 9.59 Å². The maximum Gasteiger partial charge on any atom is 0.241 e. The van der Waals surface area contributed by atoms with Crippen LogP contribution in [0.3, 0.4) is 0 Å². The van der Waals surface area contributed by atoms with Crippen LogP contribution in [0.15, 0.2) is 18.2 Å². The Kier molecular flexibility index (Phi) is 6.48. The summed E-state index contributed by atoms with van der Waals surface area (Å²) in [5.74, 6) is -0.0468. The average molecular weight is 295 g/mol. The summed E-state index contributed by atoms with van der Waals surface area (Å²) in [6.07, 6.45) is -0.221. The van der Waals surface area contributed by atoms with Crippen molar-refractivity contribution in [3.05, 3.63) is 18.2 Å². The second kappa shape index (κ2) is 8.11. The van der Waals surface area contributed by atoms with E-state index >= 15 is 0 Å². The van der Waals surface area contributed by atoms with Crippen molar-refractivity contribution < 1.29 is 19.1 Å². The largest absolute Gasteiger partial charge is 0.494 e. The molecule has 0 fully saturated rings. The summed E-state index contributed by atoms with van der Waals surface area (Å²) in [6, 6.07) is 4.08. The summed E-state index contributed by atoms with van der Waals surface area (Å²) in [7, 11) is 0. The Morgan fingerprint density at radius 2 is 1.90 bits per heavy atom. The number of carbonyl (C=O) groups is 2. The van der Waals surface area contributed by atoms with Gasteiger partial charge in [-0.1, -0.05) is 0 Å². The molecule has 1 atom stereocenters. The summed E-state index contributed by atoms with van der Waals surface area (Å²) in [5, 5.41) is 2.62. The van der Waals surface area contributed by atoms with Crippen LogP contribution in [0.1, 0.15) is 20.3 Å². The number of benzene rings is 1. The van der Waals surface area contributed by atoms with E-state index in [0.29, 0.717) is 30.4 Å². The lowest BCUT2D eigenvalue weighted by Gasteiger charge is -2.15. The van der Waals surface area contributed by atoms with Crippen LogP contribution in [0.4, 0.5) is 5.69 Å². The Balaban J connectivity index is 2.89. The van der Waals surface area contributed by atoms with Gasteiger partial charge in [0.2, 0.25) is 11.8 Å². The first-order chi connectivity index (χ1) is 9.97. The highest BCUT2D eigenvalue weighted by Crippen LogP contribution is 2.29. The molecule has 0 bridgehead atoms. The number of nitrogens with one attached hydrogen (secondary N) is 1. The molecule has 0 heterocycles. The number of amides is 2. The monoisotopic (exact) mass is 295 g/mol. The van der Waals surface area contributed by atoms with Gasteiger partial charge in [-0.25, -0.2) is 0 Å². The zero-order valence-electron chi connectivity index (χ0n) is 12.2. The van der Waals surface area contributed by atoms with E-state index < -0.39 is 17.9 Å². The van der Waals surface area contributed by atoms with Gasteiger partial charge in [0.05, 0.1) is 31.4 Å². The van der Waals surface area contributed by atoms with Crippen molar-refractivity contribution in [1.82, 2.24) is 0 Å². The number of carbonyl (C=O) groups excluding carboxylic acids is 2. The predicted octanol–water partition coefficient (Wildman–Crippen LogP) is 0.625. The molecule has 5 N–H and O–H groups in total. The van der Waals surface area contributed by atoms with E-state index in [-0.39, 0.29) is 6.42 Å². The summed E-state index contributed by atoms with van der Waals surface area (Å²) < 4.78 is 10.8. The molecule has 1 aromatic carbocycles. The third-order valence-corrected chi connectivity index (χ3v) is 2.58. The van der Waals surface area contributed by atoms with Crippen LogP contribution < -0.4 is 26.3 Å². The average Bonchev–Trinajstić information content (AvgIpc) is 2.41. The Labute approximate surface area is 123 Å². The number of hydrogen-bond donors (Lipinski definition) is 3. The lowest BCUT2D eigenvalue weighted by atomic mass is 10.2. The van der Waals surface area contributed by atoms with Crippen LogP contribution in [-0.2, 0) is 9.59 Å². The van der Waals surface area contributed by atoms with Gasteiger partial charge in [0, 0.05) is 6.07 Å². The highest BCUT2D eigenvalue weighted by atomic mass is 16.5. The second-order valence-corrected chi connectivity index (χ2v) is 4.29. The fourth-order valence-corrected chi connectivity index (χ4v) is 1.68. The van der Waals surface area contributed by atoms with Gasteiger partial charge in [0.15, 0.2) is 0 Å². The highest BCUT2D eigenvalue weighted by molar-refractivity contribution is 5.98. The topological polar surface area (TPSA) is 117 Å². The minimum absolute atomic E-state index is 0.221. The minimum atomic E-state index is -1.01. The van der Waals surface area contributed by atoms with Gasteiger partial charge in [-0.05, 0) is 26.0 Å². The third kappa shape index (κ3) is 5.31. The number of primary amides is 1. The smallest absolute Gasteiger partial charge is 0.241 e. The minimum Gasteiger partial charge on any atom is -0.494 e. The molecule has 2 amide bonds. The Hall–Kier alpha value is -2.28. The van der Waals surface area contributed by atoms with Crippen molar-refractivity contribution in [3.8, 4) is 11.5 Å². The molecule has 21 heavy (non-hydrogen) atoms. The zero-order chi connectivity index (χ0) is 15.8. The quantitative estimate of drug-likeness (QED) is 0.650. The first kappa shape index (κ1) is 16.8. The molecule has 0 aliphatic heterocycles. The molecule has 0 spiro atoms. The zero-order valence-corrected chi connectivity index (χ0v) is 12.2. The van der Waals surface area contributed by atoms with Crippen molar-refractivity contribution >= 4 is 17.5 Å². The fraction of sp³-hybridized carbons (Fsp3) is 0.429. The molecule has 0 saturated carbocycles. The molecule has 0 saturated heterocycles. The fourth-order valence-electron chi connectivity index (χ4n) is 1.68. The van der Waals surface area contributed by atoms with Gasteiger partial charge in [-0.15, -0.1) is 0 Å². The molecule has 7 heteroatoms. The lowest BCUT2D eigenvalue weighted by molar-refractivity contribution is -0.123. The van der Waals surface area contributed by atoms with Crippen LogP contribution in [0, 0.1) is 0 Å².